The summed E-state index contributed by atoms with van der Waals surface area (Å²) in [6.45, 7) is 1.61. The Hall–Kier alpha value is -1.59. The quantitative estimate of drug-likeness (QED) is 0.896. The van der Waals surface area contributed by atoms with Crippen LogP contribution in [0.2, 0.25) is 5.02 Å². The molecule has 0 aliphatic rings. The first-order chi connectivity index (χ1) is 9.34. The summed E-state index contributed by atoms with van der Waals surface area (Å²) in [5, 5.41) is 9.73. The Morgan fingerprint density at radius 1 is 1.30 bits per heavy atom. The fraction of sp³-hybridized carbons (Fsp3) is 0.143. The second-order valence-electron chi connectivity index (χ2n) is 4.32. The minimum Gasteiger partial charge on any atom is -0.477 e. The summed E-state index contributed by atoms with van der Waals surface area (Å²) in [6.07, 6.45) is 0. The fourth-order valence-electron chi connectivity index (χ4n) is 2.04. The van der Waals surface area contributed by atoms with Crippen LogP contribution in [0.1, 0.15) is 16.1 Å². The maximum Gasteiger partial charge on any atom is 0.341 e. The van der Waals surface area contributed by atoms with Crippen molar-refractivity contribution in [1.82, 2.24) is 4.57 Å². The van der Waals surface area contributed by atoms with Crippen LogP contribution in [-0.4, -0.2) is 15.6 Å². The van der Waals surface area contributed by atoms with Crippen LogP contribution in [0.15, 0.2) is 33.5 Å². The number of halogens is 2. The highest BCUT2D eigenvalue weighted by Crippen LogP contribution is 2.28. The van der Waals surface area contributed by atoms with E-state index in [2.05, 4.69) is 15.9 Å². The van der Waals surface area contributed by atoms with Crippen LogP contribution in [0.5, 0.6) is 0 Å². The summed E-state index contributed by atoms with van der Waals surface area (Å²) < 4.78 is 1.91. The van der Waals surface area contributed by atoms with Gasteiger partial charge in [0.25, 0.3) is 0 Å². The first-order valence-corrected chi connectivity index (χ1v) is 6.90. The highest BCUT2D eigenvalue weighted by molar-refractivity contribution is 9.10. The Balaban J connectivity index is 2.83. The molecule has 0 atom stereocenters. The monoisotopic (exact) mass is 355 g/mol. The average molecular weight is 357 g/mol. The third-order valence-corrected chi connectivity index (χ3v) is 4.15. The van der Waals surface area contributed by atoms with Crippen molar-refractivity contribution in [2.24, 2.45) is 7.05 Å². The summed E-state index contributed by atoms with van der Waals surface area (Å²) in [5.74, 6) is -1.23. The molecule has 1 N–H and O–H groups in total. The third kappa shape index (κ3) is 2.39. The van der Waals surface area contributed by atoms with E-state index in [1.165, 1.54) is 0 Å². The Bertz CT molecular complexity index is 750. The standard InChI is InChI=1S/C14H11BrClNO3/c1-7-10(14(19)20)13(18)11(15)12(17(7)2)8-3-5-9(16)6-4-8/h3-6H,1-2H3,(H,19,20). The predicted molar refractivity (Wildman–Crippen MR) is 81.5 cm³/mol. The van der Waals surface area contributed by atoms with Crippen molar-refractivity contribution in [2.75, 3.05) is 0 Å². The van der Waals surface area contributed by atoms with Gasteiger partial charge in [-0.3, -0.25) is 4.79 Å². The van der Waals surface area contributed by atoms with Crippen LogP contribution in [0.25, 0.3) is 11.3 Å². The Kier molecular flexibility index (Phi) is 4.01. The molecule has 2 aromatic rings. The molecule has 4 nitrogen and oxygen atoms in total. The van der Waals surface area contributed by atoms with Crippen LogP contribution in [0.3, 0.4) is 0 Å². The van der Waals surface area contributed by atoms with Gasteiger partial charge in [0.2, 0.25) is 5.43 Å². The number of carboxylic acids is 1. The molecule has 0 aliphatic heterocycles. The molecule has 0 spiro atoms. The molecule has 0 saturated heterocycles. The lowest BCUT2D eigenvalue weighted by molar-refractivity contribution is 0.0693. The zero-order valence-electron chi connectivity index (χ0n) is 10.8. The molecule has 6 heteroatoms. The van der Waals surface area contributed by atoms with Gasteiger partial charge in [-0.25, -0.2) is 4.79 Å². The normalized spacial score (nSPS) is 10.6. The number of hydrogen-bond donors (Lipinski definition) is 1. The molecule has 20 heavy (non-hydrogen) atoms. The van der Waals surface area contributed by atoms with Crippen LogP contribution in [0.4, 0.5) is 0 Å². The summed E-state index contributed by atoms with van der Waals surface area (Å²) in [5.41, 5.74) is 1.04. The molecule has 1 aromatic carbocycles. The molecule has 0 radical (unpaired) electrons. The fourth-order valence-corrected chi connectivity index (χ4v) is 2.86. The van der Waals surface area contributed by atoms with E-state index < -0.39 is 11.4 Å². The van der Waals surface area contributed by atoms with Crippen LogP contribution in [0, 0.1) is 6.92 Å². The van der Waals surface area contributed by atoms with Crippen molar-refractivity contribution in [3.8, 4) is 11.3 Å². The molecule has 0 bridgehead atoms. The van der Waals surface area contributed by atoms with Gasteiger partial charge < -0.3 is 9.67 Å². The van der Waals surface area contributed by atoms with Crippen LogP contribution >= 0.6 is 27.5 Å². The Labute approximate surface area is 128 Å². The maximum absolute atomic E-state index is 12.2. The Morgan fingerprint density at radius 3 is 2.35 bits per heavy atom. The lowest BCUT2D eigenvalue weighted by Crippen LogP contribution is -2.23. The zero-order chi connectivity index (χ0) is 15.0. The Morgan fingerprint density at radius 2 is 1.85 bits per heavy atom. The van der Waals surface area contributed by atoms with Crippen LogP contribution < -0.4 is 5.43 Å². The van der Waals surface area contributed by atoms with E-state index in [0.717, 1.165) is 5.56 Å². The number of nitrogens with zero attached hydrogens (tertiary/aromatic N) is 1. The van der Waals surface area contributed by atoms with E-state index in [-0.39, 0.29) is 10.0 Å². The summed E-state index contributed by atoms with van der Waals surface area (Å²) in [6, 6.07) is 6.99. The predicted octanol–water partition coefficient (Wildman–Crippen LogP) is 3.47. The van der Waals surface area contributed by atoms with Gasteiger partial charge in [-0.15, -0.1) is 0 Å². The van der Waals surface area contributed by atoms with E-state index >= 15 is 0 Å². The first kappa shape index (κ1) is 14.8. The van der Waals surface area contributed by atoms with Gasteiger partial charge in [0.15, 0.2) is 0 Å². The zero-order valence-corrected chi connectivity index (χ0v) is 13.1. The van der Waals surface area contributed by atoms with Gasteiger partial charge in [-0.05, 0) is 40.5 Å². The molecule has 0 fully saturated rings. The number of aromatic nitrogens is 1. The SMILES string of the molecule is Cc1c(C(=O)O)c(=O)c(Br)c(-c2ccc(Cl)cc2)n1C. The number of pyridine rings is 1. The molecule has 0 saturated carbocycles. The molecular weight excluding hydrogens is 346 g/mol. The van der Waals surface area contributed by atoms with Crippen LogP contribution in [-0.2, 0) is 7.05 Å². The van der Waals surface area contributed by atoms with Gasteiger partial charge in [-0.1, -0.05) is 23.7 Å². The van der Waals surface area contributed by atoms with Crippen molar-refractivity contribution in [1.29, 1.82) is 0 Å². The second kappa shape index (κ2) is 5.42. The van der Waals surface area contributed by atoms with Gasteiger partial charge >= 0.3 is 5.97 Å². The molecule has 1 heterocycles. The number of carbonyl (C=O) groups is 1. The van der Waals surface area contributed by atoms with E-state index in [1.807, 2.05) is 0 Å². The number of aromatic carboxylic acids is 1. The molecule has 104 valence electrons. The molecule has 2 rings (SSSR count). The lowest BCUT2D eigenvalue weighted by Gasteiger charge is -2.16. The van der Waals surface area contributed by atoms with Gasteiger partial charge in [0, 0.05) is 17.8 Å². The van der Waals surface area contributed by atoms with Gasteiger partial charge in [0.05, 0.1) is 10.2 Å². The maximum atomic E-state index is 12.2. The van der Waals surface area contributed by atoms with E-state index in [9.17, 15) is 9.59 Å². The highest BCUT2D eigenvalue weighted by Gasteiger charge is 2.21. The summed E-state index contributed by atoms with van der Waals surface area (Å²) in [4.78, 5) is 23.4. The number of benzene rings is 1. The molecule has 0 amide bonds. The summed E-state index contributed by atoms with van der Waals surface area (Å²) >= 11 is 9.06. The molecule has 0 unspecified atom stereocenters. The molecule has 0 aliphatic carbocycles. The first-order valence-electron chi connectivity index (χ1n) is 5.73. The largest absolute Gasteiger partial charge is 0.477 e. The number of rotatable bonds is 2. The molecular formula is C14H11BrClNO3. The van der Waals surface area contributed by atoms with Crippen molar-refractivity contribution in [3.63, 3.8) is 0 Å². The van der Waals surface area contributed by atoms with Crippen molar-refractivity contribution >= 4 is 33.5 Å². The van der Waals surface area contributed by atoms with E-state index in [1.54, 1.807) is 42.8 Å². The topological polar surface area (TPSA) is 59.3 Å². The minimum absolute atomic E-state index is 0.225. The minimum atomic E-state index is -1.23. The van der Waals surface area contributed by atoms with Crippen molar-refractivity contribution in [3.05, 3.63) is 55.2 Å². The smallest absolute Gasteiger partial charge is 0.341 e. The van der Waals surface area contributed by atoms with E-state index in [0.29, 0.717) is 16.4 Å². The summed E-state index contributed by atoms with van der Waals surface area (Å²) in [7, 11) is 1.72. The highest BCUT2D eigenvalue weighted by atomic mass is 79.9. The lowest BCUT2D eigenvalue weighted by atomic mass is 10.1. The second-order valence-corrected chi connectivity index (χ2v) is 5.55. The van der Waals surface area contributed by atoms with E-state index in [4.69, 9.17) is 16.7 Å². The van der Waals surface area contributed by atoms with Gasteiger partial charge in [0.1, 0.15) is 5.56 Å². The average Bonchev–Trinajstić information content (AvgIpc) is 2.39. The number of hydrogen-bond acceptors (Lipinski definition) is 2. The van der Waals surface area contributed by atoms with Crippen molar-refractivity contribution in [2.45, 2.75) is 6.92 Å². The van der Waals surface area contributed by atoms with Crippen molar-refractivity contribution < 1.29 is 9.90 Å². The molecule has 1 aromatic heterocycles. The van der Waals surface area contributed by atoms with Gasteiger partial charge in [-0.2, -0.15) is 0 Å². The number of carboxylic acid groups (broad SMARTS) is 1. The third-order valence-electron chi connectivity index (χ3n) is 3.17.